The van der Waals surface area contributed by atoms with Crippen molar-refractivity contribution in [3.8, 4) is 5.75 Å². The van der Waals surface area contributed by atoms with Crippen molar-refractivity contribution >= 4 is 27.5 Å². The van der Waals surface area contributed by atoms with Gasteiger partial charge in [-0.05, 0) is 60.7 Å². The highest BCUT2D eigenvalue weighted by molar-refractivity contribution is 9.10. The van der Waals surface area contributed by atoms with Crippen molar-refractivity contribution in [3.63, 3.8) is 0 Å². The standard InChI is InChI=1S/C19H18BrClO2/c20-15-3-6-18(21)14(8-15)7-13-1-4-16(5-2-13)23-17-9-19(10-17)11-22-12-19/h1-6,8,17H,7,9-12H2. The van der Waals surface area contributed by atoms with Crippen LogP contribution in [-0.4, -0.2) is 19.3 Å². The Labute approximate surface area is 149 Å². The molecule has 0 bridgehead atoms. The quantitative estimate of drug-likeness (QED) is 0.706. The fourth-order valence-electron chi connectivity index (χ4n) is 3.39. The highest BCUT2D eigenvalue weighted by Crippen LogP contribution is 2.48. The molecule has 2 fully saturated rings. The second kappa shape index (κ2) is 6.12. The van der Waals surface area contributed by atoms with Crippen LogP contribution >= 0.6 is 27.5 Å². The lowest BCUT2D eigenvalue weighted by Gasteiger charge is -2.52. The summed E-state index contributed by atoms with van der Waals surface area (Å²) < 4.78 is 12.4. The van der Waals surface area contributed by atoms with Gasteiger partial charge in [0.25, 0.3) is 0 Å². The molecule has 1 saturated carbocycles. The first-order chi connectivity index (χ1) is 11.1. The van der Waals surface area contributed by atoms with Gasteiger partial charge in [-0.2, -0.15) is 0 Å². The maximum absolute atomic E-state index is 6.26. The minimum atomic E-state index is 0.351. The van der Waals surface area contributed by atoms with Gasteiger partial charge in [0, 0.05) is 14.9 Å². The minimum Gasteiger partial charge on any atom is -0.490 e. The molecule has 2 nitrogen and oxygen atoms in total. The van der Waals surface area contributed by atoms with E-state index in [0.29, 0.717) is 11.5 Å². The largest absolute Gasteiger partial charge is 0.490 e. The van der Waals surface area contributed by atoms with Crippen LogP contribution in [-0.2, 0) is 11.2 Å². The van der Waals surface area contributed by atoms with Gasteiger partial charge >= 0.3 is 0 Å². The van der Waals surface area contributed by atoms with Crippen LogP contribution in [0.25, 0.3) is 0 Å². The minimum absolute atomic E-state index is 0.351. The van der Waals surface area contributed by atoms with Crippen LogP contribution in [0.2, 0.25) is 5.02 Å². The zero-order chi connectivity index (χ0) is 15.9. The van der Waals surface area contributed by atoms with E-state index >= 15 is 0 Å². The summed E-state index contributed by atoms with van der Waals surface area (Å²) in [6.45, 7) is 1.83. The molecule has 1 spiro atoms. The molecule has 120 valence electrons. The van der Waals surface area contributed by atoms with Crippen LogP contribution in [0.5, 0.6) is 5.75 Å². The van der Waals surface area contributed by atoms with Gasteiger partial charge in [0.2, 0.25) is 0 Å². The molecule has 23 heavy (non-hydrogen) atoms. The molecule has 0 unspecified atom stereocenters. The van der Waals surface area contributed by atoms with Crippen LogP contribution in [0.4, 0.5) is 0 Å². The summed E-state index contributed by atoms with van der Waals surface area (Å²) in [5, 5.41) is 0.802. The van der Waals surface area contributed by atoms with E-state index in [1.165, 1.54) is 5.56 Å². The van der Waals surface area contributed by atoms with Crippen molar-refractivity contribution < 1.29 is 9.47 Å². The average Bonchev–Trinajstić information content (AvgIpc) is 2.46. The van der Waals surface area contributed by atoms with Crippen LogP contribution in [0, 0.1) is 5.41 Å². The first kappa shape index (κ1) is 15.5. The molecule has 1 aliphatic heterocycles. The predicted molar refractivity (Wildman–Crippen MR) is 95.3 cm³/mol. The van der Waals surface area contributed by atoms with Gasteiger partial charge in [0.05, 0.1) is 13.2 Å². The number of halogens is 2. The smallest absolute Gasteiger partial charge is 0.119 e. The lowest BCUT2D eigenvalue weighted by Crippen LogP contribution is -2.56. The Balaban J connectivity index is 1.37. The highest BCUT2D eigenvalue weighted by Gasteiger charge is 2.51. The SMILES string of the molecule is Clc1ccc(Br)cc1Cc1ccc(OC2CC3(COC3)C2)cc1. The van der Waals surface area contributed by atoms with E-state index in [9.17, 15) is 0 Å². The fourth-order valence-corrected chi connectivity index (χ4v) is 3.99. The molecule has 0 N–H and O–H groups in total. The lowest BCUT2D eigenvalue weighted by atomic mass is 9.65. The molecule has 0 aromatic heterocycles. The Morgan fingerprint density at radius 2 is 1.87 bits per heavy atom. The molecule has 0 atom stereocenters. The fraction of sp³-hybridized carbons (Fsp3) is 0.368. The number of rotatable bonds is 4. The van der Waals surface area contributed by atoms with Gasteiger partial charge in [-0.25, -0.2) is 0 Å². The Kier molecular flexibility index (Phi) is 4.12. The van der Waals surface area contributed by atoms with E-state index in [0.717, 1.165) is 53.3 Å². The highest BCUT2D eigenvalue weighted by atomic mass is 79.9. The monoisotopic (exact) mass is 392 g/mol. The zero-order valence-corrected chi connectivity index (χ0v) is 15.1. The maximum atomic E-state index is 6.26. The van der Waals surface area contributed by atoms with Gasteiger partial charge in [-0.3, -0.25) is 0 Å². The summed E-state index contributed by atoms with van der Waals surface area (Å²) in [5.74, 6) is 0.953. The Morgan fingerprint density at radius 1 is 1.13 bits per heavy atom. The summed E-state index contributed by atoms with van der Waals surface area (Å²) in [5.41, 5.74) is 2.80. The molecule has 2 aromatic rings. The van der Waals surface area contributed by atoms with E-state index in [1.54, 1.807) is 0 Å². The van der Waals surface area contributed by atoms with Crippen LogP contribution < -0.4 is 4.74 Å². The molecule has 1 aliphatic carbocycles. The van der Waals surface area contributed by atoms with Crippen molar-refractivity contribution in [2.45, 2.75) is 25.4 Å². The molecule has 0 amide bonds. The molecule has 0 radical (unpaired) electrons. The number of hydrogen-bond acceptors (Lipinski definition) is 2. The van der Waals surface area contributed by atoms with Gasteiger partial charge < -0.3 is 9.47 Å². The molecule has 2 aromatic carbocycles. The van der Waals surface area contributed by atoms with Crippen molar-refractivity contribution in [1.82, 2.24) is 0 Å². The van der Waals surface area contributed by atoms with E-state index in [4.69, 9.17) is 21.1 Å². The van der Waals surface area contributed by atoms with Gasteiger partial charge in [0.15, 0.2) is 0 Å². The summed E-state index contributed by atoms with van der Waals surface area (Å²) in [4.78, 5) is 0. The number of ether oxygens (including phenoxy) is 2. The normalized spacial score (nSPS) is 19.2. The van der Waals surface area contributed by atoms with E-state index < -0.39 is 0 Å². The van der Waals surface area contributed by atoms with Gasteiger partial charge in [0.1, 0.15) is 11.9 Å². The summed E-state index contributed by atoms with van der Waals surface area (Å²) >= 11 is 9.76. The van der Waals surface area contributed by atoms with E-state index in [1.807, 2.05) is 12.1 Å². The number of benzene rings is 2. The lowest BCUT2D eigenvalue weighted by molar-refractivity contribution is -0.191. The molecule has 4 heteroatoms. The molecule has 2 aliphatic rings. The molecule has 4 rings (SSSR count). The Bertz CT molecular complexity index is 702. The Hall–Kier alpha value is -1.03. The van der Waals surface area contributed by atoms with Gasteiger partial charge in [-0.1, -0.05) is 39.7 Å². The van der Waals surface area contributed by atoms with Crippen molar-refractivity contribution in [2.75, 3.05) is 13.2 Å². The van der Waals surface area contributed by atoms with Crippen molar-refractivity contribution in [3.05, 3.63) is 63.1 Å². The first-order valence-corrected chi connectivity index (χ1v) is 9.06. The van der Waals surface area contributed by atoms with Crippen molar-refractivity contribution in [2.24, 2.45) is 5.41 Å². The van der Waals surface area contributed by atoms with E-state index in [2.05, 4.69) is 46.3 Å². The molecule has 1 heterocycles. The Morgan fingerprint density at radius 3 is 2.52 bits per heavy atom. The van der Waals surface area contributed by atoms with Crippen LogP contribution in [0.3, 0.4) is 0 Å². The molecular formula is C19H18BrClO2. The maximum Gasteiger partial charge on any atom is 0.119 e. The topological polar surface area (TPSA) is 18.5 Å². The third-order valence-electron chi connectivity index (χ3n) is 4.77. The molecular weight excluding hydrogens is 376 g/mol. The third kappa shape index (κ3) is 3.28. The third-order valence-corrected chi connectivity index (χ3v) is 5.63. The second-order valence-electron chi connectivity index (χ2n) is 6.70. The predicted octanol–water partition coefficient (Wildman–Crippen LogP) is 5.25. The van der Waals surface area contributed by atoms with Crippen LogP contribution in [0.1, 0.15) is 24.0 Å². The summed E-state index contributed by atoms with van der Waals surface area (Å²) in [6, 6.07) is 14.3. The average molecular weight is 394 g/mol. The zero-order valence-electron chi connectivity index (χ0n) is 12.7. The first-order valence-electron chi connectivity index (χ1n) is 7.89. The summed E-state index contributed by atoms with van der Waals surface area (Å²) in [6.07, 6.45) is 3.43. The second-order valence-corrected chi connectivity index (χ2v) is 8.02. The summed E-state index contributed by atoms with van der Waals surface area (Å²) in [7, 11) is 0. The van der Waals surface area contributed by atoms with Crippen LogP contribution in [0.15, 0.2) is 46.9 Å². The van der Waals surface area contributed by atoms with Crippen molar-refractivity contribution in [1.29, 1.82) is 0 Å². The number of hydrogen-bond donors (Lipinski definition) is 0. The van der Waals surface area contributed by atoms with Gasteiger partial charge in [-0.15, -0.1) is 0 Å². The van der Waals surface area contributed by atoms with E-state index in [-0.39, 0.29) is 0 Å². The molecule has 1 saturated heterocycles.